The summed E-state index contributed by atoms with van der Waals surface area (Å²) in [6, 6.07) is 0. The number of halogens is 1. The monoisotopic (exact) mass is 257 g/mol. The molecule has 76 valence electrons. The van der Waals surface area contributed by atoms with Crippen LogP contribution in [-0.4, -0.2) is 16.3 Å². The minimum Gasteiger partial charge on any atom is -0.379 e. The van der Waals surface area contributed by atoms with Crippen LogP contribution in [0.5, 0.6) is 0 Å². The van der Waals surface area contributed by atoms with E-state index in [9.17, 15) is 4.79 Å². The molecule has 1 N–H and O–H groups in total. The van der Waals surface area contributed by atoms with Crippen molar-refractivity contribution in [1.82, 2.24) is 9.78 Å². The number of hydrogen-bond acceptors (Lipinski definition) is 3. The van der Waals surface area contributed by atoms with Gasteiger partial charge in [0.25, 0.3) is 5.56 Å². The minimum atomic E-state index is -0.124. The summed E-state index contributed by atoms with van der Waals surface area (Å²) in [6.07, 6.45) is 3.34. The van der Waals surface area contributed by atoms with Crippen LogP contribution >= 0.6 is 15.9 Å². The maximum atomic E-state index is 11.6. The quantitative estimate of drug-likeness (QED) is 0.835. The van der Waals surface area contributed by atoms with Crippen molar-refractivity contribution in [1.29, 1.82) is 0 Å². The molecule has 0 fully saturated rings. The second-order valence-electron chi connectivity index (χ2n) is 2.66. The first-order chi connectivity index (χ1) is 6.70. The third-order valence-electron chi connectivity index (χ3n) is 1.72. The second kappa shape index (κ2) is 4.95. The van der Waals surface area contributed by atoms with E-state index in [2.05, 4.69) is 32.9 Å². The molecule has 0 aliphatic rings. The van der Waals surface area contributed by atoms with Crippen LogP contribution < -0.4 is 10.9 Å². The van der Waals surface area contributed by atoms with E-state index in [1.54, 1.807) is 12.3 Å². The van der Waals surface area contributed by atoms with Crippen LogP contribution in [0.3, 0.4) is 0 Å². The van der Waals surface area contributed by atoms with Gasteiger partial charge < -0.3 is 5.32 Å². The molecule has 0 spiro atoms. The molecule has 0 atom stereocenters. The average molecular weight is 258 g/mol. The summed E-state index contributed by atoms with van der Waals surface area (Å²) in [5.41, 5.74) is 0.571. The van der Waals surface area contributed by atoms with E-state index >= 15 is 0 Å². The van der Waals surface area contributed by atoms with Crippen molar-refractivity contribution in [2.24, 2.45) is 0 Å². The van der Waals surface area contributed by atoms with Gasteiger partial charge in [-0.3, -0.25) is 4.79 Å². The van der Waals surface area contributed by atoms with Crippen molar-refractivity contribution in [3.8, 4) is 0 Å². The molecule has 1 aromatic heterocycles. The average Bonchev–Trinajstić information content (AvgIpc) is 2.20. The lowest BCUT2D eigenvalue weighted by molar-refractivity contribution is 0.613. The van der Waals surface area contributed by atoms with Crippen LogP contribution in [0.15, 0.2) is 28.1 Å². The second-order valence-corrected chi connectivity index (χ2v) is 3.46. The van der Waals surface area contributed by atoms with Crippen LogP contribution in [-0.2, 0) is 6.54 Å². The molecule has 1 heterocycles. The van der Waals surface area contributed by atoms with Gasteiger partial charge in [-0.15, -0.1) is 6.58 Å². The molecule has 0 aromatic carbocycles. The highest BCUT2D eigenvalue weighted by Gasteiger charge is 2.06. The fourth-order valence-corrected chi connectivity index (χ4v) is 1.44. The first kappa shape index (κ1) is 11.0. The van der Waals surface area contributed by atoms with E-state index in [0.29, 0.717) is 23.2 Å². The van der Waals surface area contributed by atoms with Gasteiger partial charge in [0, 0.05) is 13.1 Å². The Morgan fingerprint density at radius 3 is 3.07 bits per heavy atom. The van der Waals surface area contributed by atoms with Gasteiger partial charge in [-0.25, -0.2) is 4.68 Å². The summed E-state index contributed by atoms with van der Waals surface area (Å²) in [5, 5.41) is 7.00. The van der Waals surface area contributed by atoms with Crippen molar-refractivity contribution in [3.63, 3.8) is 0 Å². The summed E-state index contributed by atoms with van der Waals surface area (Å²) in [7, 11) is 0. The molecule has 0 saturated carbocycles. The Kier molecular flexibility index (Phi) is 3.88. The summed E-state index contributed by atoms with van der Waals surface area (Å²) in [4.78, 5) is 11.6. The highest BCUT2D eigenvalue weighted by Crippen LogP contribution is 2.15. The van der Waals surface area contributed by atoms with Gasteiger partial charge in [0.15, 0.2) is 0 Å². The molecule has 0 amide bonds. The maximum Gasteiger partial charge on any atom is 0.283 e. The molecule has 0 aliphatic carbocycles. The molecule has 14 heavy (non-hydrogen) atoms. The lowest BCUT2D eigenvalue weighted by Crippen LogP contribution is -2.23. The highest BCUT2D eigenvalue weighted by atomic mass is 79.9. The van der Waals surface area contributed by atoms with Gasteiger partial charge in [-0.2, -0.15) is 5.10 Å². The molecule has 0 saturated heterocycles. The Bertz CT molecular complexity index is 386. The summed E-state index contributed by atoms with van der Waals surface area (Å²) >= 11 is 3.23. The molecule has 0 unspecified atom stereocenters. The normalized spacial score (nSPS) is 9.86. The van der Waals surface area contributed by atoms with Gasteiger partial charge in [-0.1, -0.05) is 6.08 Å². The summed E-state index contributed by atoms with van der Waals surface area (Å²) in [6.45, 7) is 6.63. The predicted octanol–water partition coefficient (Wildman–Crippen LogP) is 1.62. The van der Waals surface area contributed by atoms with Crippen LogP contribution in [0, 0.1) is 0 Å². The third kappa shape index (κ3) is 2.23. The highest BCUT2D eigenvalue weighted by molar-refractivity contribution is 9.10. The standard InChI is InChI=1S/C9H12BrN3O/c1-3-5-11-7-6-12-13(4-2)9(14)8(7)10/h3,6,11H,1,4-5H2,2H3. The van der Waals surface area contributed by atoms with Crippen molar-refractivity contribution >= 4 is 21.6 Å². The number of hydrogen-bond donors (Lipinski definition) is 1. The maximum absolute atomic E-state index is 11.6. The Morgan fingerprint density at radius 1 is 1.79 bits per heavy atom. The SMILES string of the molecule is C=CCNc1cnn(CC)c(=O)c1Br. The first-order valence-electron chi connectivity index (χ1n) is 4.31. The molecule has 4 nitrogen and oxygen atoms in total. The minimum absolute atomic E-state index is 0.124. The number of anilines is 1. The van der Waals surface area contributed by atoms with Crippen molar-refractivity contribution < 1.29 is 0 Å². The molecule has 5 heteroatoms. The van der Waals surface area contributed by atoms with Gasteiger partial charge in [0.2, 0.25) is 0 Å². The van der Waals surface area contributed by atoms with E-state index in [1.807, 2.05) is 6.92 Å². The van der Waals surface area contributed by atoms with Crippen molar-refractivity contribution in [2.75, 3.05) is 11.9 Å². The van der Waals surface area contributed by atoms with Crippen LogP contribution in [0.25, 0.3) is 0 Å². The molecule has 1 aromatic rings. The first-order valence-corrected chi connectivity index (χ1v) is 5.10. The summed E-state index contributed by atoms with van der Waals surface area (Å²) < 4.78 is 1.90. The molecular weight excluding hydrogens is 246 g/mol. The molecule has 1 rings (SSSR count). The van der Waals surface area contributed by atoms with Crippen molar-refractivity contribution in [2.45, 2.75) is 13.5 Å². The molecule has 0 bridgehead atoms. The van der Waals surface area contributed by atoms with E-state index in [-0.39, 0.29) is 5.56 Å². The number of nitrogens with one attached hydrogen (secondary N) is 1. The summed E-state index contributed by atoms with van der Waals surface area (Å²) in [5.74, 6) is 0. The van der Waals surface area contributed by atoms with Crippen LogP contribution in [0.2, 0.25) is 0 Å². The Balaban J connectivity index is 3.04. The van der Waals surface area contributed by atoms with Gasteiger partial charge in [-0.05, 0) is 22.9 Å². The fourth-order valence-electron chi connectivity index (χ4n) is 0.996. The largest absolute Gasteiger partial charge is 0.379 e. The molecule has 0 radical (unpaired) electrons. The Labute approximate surface area is 90.8 Å². The lowest BCUT2D eigenvalue weighted by atomic mass is 10.4. The predicted molar refractivity (Wildman–Crippen MR) is 60.6 cm³/mol. The zero-order valence-electron chi connectivity index (χ0n) is 7.96. The molecular formula is C9H12BrN3O. The lowest BCUT2D eigenvalue weighted by Gasteiger charge is -2.07. The Morgan fingerprint density at radius 2 is 2.50 bits per heavy atom. The van der Waals surface area contributed by atoms with Gasteiger partial charge >= 0.3 is 0 Å². The topological polar surface area (TPSA) is 46.9 Å². The zero-order valence-corrected chi connectivity index (χ0v) is 9.54. The number of aromatic nitrogens is 2. The fraction of sp³-hybridized carbons (Fsp3) is 0.333. The zero-order chi connectivity index (χ0) is 10.6. The van der Waals surface area contributed by atoms with Gasteiger partial charge in [0.1, 0.15) is 4.47 Å². The molecule has 0 aliphatic heterocycles. The third-order valence-corrected chi connectivity index (χ3v) is 2.49. The number of aryl methyl sites for hydroxylation is 1. The smallest absolute Gasteiger partial charge is 0.283 e. The van der Waals surface area contributed by atoms with E-state index < -0.39 is 0 Å². The number of rotatable bonds is 4. The van der Waals surface area contributed by atoms with Crippen molar-refractivity contribution in [3.05, 3.63) is 33.7 Å². The van der Waals surface area contributed by atoms with Crippen LogP contribution in [0.4, 0.5) is 5.69 Å². The number of nitrogens with zero attached hydrogens (tertiary/aromatic N) is 2. The van der Waals surface area contributed by atoms with E-state index in [0.717, 1.165) is 0 Å². The van der Waals surface area contributed by atoms with Gasteiger partial charge in [0.05, 0.1) is 11.9 Å². The van der Waals surface area contributed by atoms with E-state index in [1.165, 1.54) is 4.68 Å². The van der Waals surface area contributed by atoms with E-state index in [4.69, 9.17) is 0 Å². The van der Waals surface area contributed by atoms with Crippen LogP contribution in [0.1, 0.15) is 6.92 Å². The Hall–Kier alpha value is -1.10.